The van der Waals surface area contributed by atoms with Crippen molar-refractivity contribution in [3.63, 3.8) is 0 Å². The number of benzene rings is 1. The topological polar surface area (TPSA) is 66.7 Å². The number of rotatable bonds is 8. The normalized spacial score (nSPS) is 24.4. The molecule has 0 aliphatic carbocycles. The average molecular weight is 541 g/mol. The molecule has 0 spiro atoms. The highest BCUT2D eigenvalue weighted by Crippen LogP contribution is 2.49. The maximum Gasteiger partial charge on any atom is 0.261 e. The fraction of sp³-hybridized carbons (Fsp3) is 0.621. The zero-order valence-corrected chi connectivity index (χ0v) is 24.0. The van der Waals surface area contributed by atoms with Gasteiger partial charge in [0.15, 0.2) is 0 Å². The molecule has 0 radical (unpaired) electrons. The summed E-state index contributed by atoms with van der Waals surface area (Å²) in [6.07, 6.45) is 7.09. The summed E-state index contributed by atoms with van der Waals surface area (Å²) >= 11 is 0. The number of carbonyl (C=O) groups excluding carboxylic acids is 2. The molecule has 4 rings (SSSR count). The van der Waals surface area contributed by atoms with Gasteiger partial charge in [0.1, 0.15) is 12.8 Å². The molecule has 0 bridgehead atoms. The molecule has 2 amide bonds. The van der Waals surface area contributed by atoms with E-state index >= 15 is 0 Å². The Morgan fingerprint density at radius 3 is 2.53 bits per heavy atom. The summed E-state index contributed by atoms with van der Waals surface area (Å²) in [5.74, 6) is 0.210. The van der Waals surface area contributed by atoms with E-state index in [2.05, 4.69) is 43.3 Å². The van der Waals surface area contributed by atoms with Crippen LogP contribution < -0.4 is 0 Å². The third kappa shape index (κ3) is 6.29. The maximum atomic E-state index is 13.6. The lowest BCUT2D eigenvalue weighted by Gasteiger charge is -2.39. The number of nitrogens with zero attached hydrogens (tertiary/aromatic N) is 4. The van der Waals surface area contributed by atoms with Gasteiger partial charge in [-0.2, -0.15) is 0 Å². The lowest BCUT2D eigenvalue weighted by molar-refractivity contribution is -0.139. The summed E-state index contributed by atoms with van der Waals surface area (Å²) in [5.41, 5.74) is 2.72. The van der Waals surface area contributed by atoms with Crippen LogP contribution in [0.5, 0.6) is 0 Å². The molecule has 8 nitrogen and oxygen atoms in total. The third-order valence-corrected chi connectivity index (χ3v) is 9.55. The van der Waals surface area contributed by atoms with Gasteiger partial charge < -0.3 is 19.2 Å². The van der Waals surface area contributed by atoms with E-state index in [4.69, 9.17) is 15.6 Å². The van der Waals surface area contributed by atoms with Crippen molar-refractivity contribution in [3.8, 4) is 0 Å². The molecule has 9 heteroatoms. The van der Waals surface area contributed by atoms with E-state index in [9.17, 15) is 9.59 Å². The highest BCUT2D eigenvalue weighted by Gasteiger charge is 2.41. The Balaban J connectivity index is 1.59. The minimum atomic E-state index is -1.44. The van der Waals surface area contributed by atoms with Crippen molar-refractivity contribution < 1.29 is 18.6 Å². The molecule has 38 heavy (non-hydrogen) atoms. The first kappa shape index (κ1) is 28.7. The van der Waals surface area contributed by atoms with E-state index in [1.165, 1.54) is 0 Å². The van der Waals surface area contributed by atoms with Gasteiger partial charge in [0.25, 0.3) is 14.4 Å². The van der Waals surface area contributed by atoms with E-state index in [0.717, 1.165) is 48.9 Å². The second-order valence-corrected chi connectivity index (χ2v) is 12.2. The van der Waals surface area contributed by atoms with Crippen LogP contribution in [0.1, 0.15) is 88.6 Å². The van der Waals surface area contributed by atoms with Crippen molar-refractivity contribution in [3.05, 3.63) is 52.9 Å². The first-order chi connectivity index (χ1) is 18.3. The van der Waals surface area contributed by atoms with Crippen LogP contribution in [-0.2, 0) is 13.8 Å². The molecule has 3 atom stereocenters. The predicted molar refractivity (Wildman–Crippen MR) is 150 cm³/mol. The standard InChI is InChI=1S/C29H41N4O4P/c1-21(2)33(22(3)4)38(36-20-18-30-5)37-28-17-15-23-14-16-26-24-11-8-9-12-25(24)29(35)31(26)19-10-6-7-13-27(34)32(23)28/h8-9,11-12,16,21-23,28H,6-7,10,13-15,17-20H2,1-4H3/b26-16-/t23-,28-,38?/m1/s1. The van der Waals surface area contributed by atoms with Gasteiger partial charge in [-0.05, 0) is 65.9 Å². The zero-order valence-electron chi connectivity index (χ0n) is 23.1. The molecule has 3 heterocycles. The summed E-state index contributed by atoms with van der Waals surface area (Å²) in [7, 11) is -1.44. The van der Waals surface area contributed by atoms with Crippen LogP contribution in [-0.4, -0.2) is 70.3 Å². The van der Waals surface area contributed by atoms with Gasteiger partial charge >= 0.3 is 0 Å². The van der Waals surface area contributed by atoms with Crippen LogP contribution in [0.25, 0.3) is 10.5 Å². The first-order valence-electron chi connectivity index (χ1n) is 14.0. The largest absolute Gasteiger partial charge is 0.314 e. The van der Waals surface area contributed by atoms with Gasteiger partial charge in [0.2, 0.25) is 12.5 Å². The third-order valence-electron chi connectivity index (χ3n) is 7.43. The Bertz CT molecular complexity index is 1060. The maximum absolute atomic E-state index is 13.6. The number of carbonyl (C=O) groups is 2. The lowest BCUT2D eigenvalue weighted by atomic mass is 10.0. The van der Waals surface area contributed by atoms with Gasteiger partial charge in [0.05, 0.1) is 0 Å². The van der Waals surface area contributed by atoms with Crippen molar-refractivity contribution in [2.75, 3.05) is 19.7 Å². The smallest absolute Gasteiger partial charge is 0.261 e. The minimum absolute atomic E-state index is 0.00998. The monoisotopic (exact) mass is 540 g/mol. The molecule has 1 aromatic carbocycles. The quantitative estimate of drug-likeness (QED) is 0.228. The second-order valence-electron chi connectivity index (χ2n) is 10.8. The zero-order chi connectivity index (χ0) is 27.2. The van der Waals surface area contributed by atoms with Crippen molar-refractivity contribution >= 4 is 26.0 Å². The predicted octanol–water partition coefficient (Wildman–Crippen LogP) is 6.06. The first-order valence-corrected chi connectivity index (χ1v) is 15.1. The van der Waals surface area contributed by atoms with Gasteiger partial charge in [-0.15, -0.1) is 0 Å². The molecule has 1 unspecified atom stereocenters. The number of hydrogen-bond donors (Lipinski definition) is 0. The van der Waals surface area contributed by atoms with Gasteiger partial charge in [0, 0.05) is 47.9 Å². The van der Waals surface area contributed by atoms with E-state index < -0.39 is 8.53 Å². The molecule has 1 aromatic rings. The fourth-order valence-corrected chi connectivity index (χ4v) is 7.49. The number of fused-ring (bicyclic) bond motifs is 4. The van der Waals surface area contributed by atoms with Crippen molar-refractivity contribution in [1.29, 1.82) is 0 Å². The molecule has 206 valence electrons. The van der Waals surface area contributed by atoms with Gasteiger partial charge in [-0.25, -0.2) is 11.2 Å². The summed E-state index contributed by atoms with van der Waals surface area (Å²) < 4.78 is 15.0. The molecule has 1 fully saturated rings. The Hall–Kier alpha value is -2.30. The number of amides is 2. The van der Waals surface area contributed by atoms with Crippen molar-refractivity contribution in [2.24, 2.45) is 0 Å². The fourth-order valence-electron chi connectivity index (χ4n) is 5.78. The van der Waals surface area contributed by atoms with E-state index in [0.29, 0.717) is 26.0 Å². The summed E-state index contributed by atoms with van der Waals surface area (Å²) in [5, 5.41) is 0. The highest BCUT2D eigenvalue weighted by molar-refractivity contribution is 7.44. The lowest BCUT2D eigenvalue weighted by Crippen LogP contribution is -2.43. The average Bonchev–Trinajstić information content (AvgIpc) is 3.39. The summed E-state index contributed by atoms with van der Waals surface area (Å²) in [6, 6.07) is 8.23. The molecule has 0 saturated carbocycles. The molecule has 0 aromatic heterocycles. The molecule has 3 aliphatic heterocycles. The Morgan fingerprint density at radius 1 is 1.08 bits per heavy atom. The molecule has 3 aliphatic rings. The van der Waals surface area contributed by atoms with E-state index in [-0.39, 0.29) is 42.7 Å². The van der Waals surface area contributed by atoms with Crippen LogP contribution in [0.4, 0.5) is 0 Å². The Labute approximate surface area is 228 Å². The van der Waals surface area contributed by atoms with E-state index in [1.807, 2.05) is 34.1 Å². The molecule has 0 N–H and O–H groups in total. The molecular formula is C29H41N4O4P. The SMILES string of the molecule is [C-]#[N+]CCOP(O[C@@H]1CC[C@H]2C/C=C3/c4ccccc4C(=O)N3CCCCCC(=O)N21)N(C(C)C)C(C)C. The molecule has 1 saturated heterocycles. The highest BCUT2D eigenvalue weighted by atomic mass is 31.2. The van der Waals surface area contributed by atoms with Crippen molar-refractivity contribution in [2.45, 2.75) is 97.0 Å². The van der Waals surface area contributed by atoms with Crippen LogP contribution in [0.3, 0.4) is 0 Å². The van der Waals surface area contributed by atoms with Gasteiger partial charge in [-0.3, -0.25) is 14.1 Å². The molecular weight excluding hydrogens is 499 g/mol. The van der Waals surface area contributed by atoms with Crippen molar-refractivity contribution in [1.82, 2.24) is 14.5 Å². The minimum Gasteiger partial charge on any atom is -0.314 e. The van der Waals surface area contributed by atoms with Crippen LogP contribution in [0.15, 0.2) is 30.3 Å². The second kappa shape index (κ2) is 13.2. The number of hydrogen-bond acceptors (Lipinski definition) is 5. The summed E-state index contributed by atoms with van der Waals surface area (Å²) in [4.78, 5) is 34.0. The summed E-state index contributed by atoms with van der Waals surface area (Å²) in [6.45, 7) is 16.9. The van der Waals surface area contributed by atoms with Crippen LogP contribution in [0, 0.1) is 6.57 Å². The van der Waals surface area contributed by atoms with Crippen LogP contribution in [0.2, 0.25) is 0 Å². The Morgan fingerprint density at radius 2 is 1.82 bits per heavy atom. The van der Waals surface area contributed by atoms with E-state index in [1.54, 1.807) is 0 Å². The van der Waals surface area contributed by atoms with Crippen LogP contribution >= 0.6 is 8.53 Å². The van der Waals surface area contributed by atoms with Gasteiger partial charge in [-0.1, -0.05) is 30.7 Å². The Kier molecular flexibility index (Phi) is 9.95.